The fourth-order valence-electron chi connectivity index (χ4n) is 2.47. The van der Waals surface area contributed by atoms with E-state index < -0.39 is 17.8 Å². The van der Waals surface area contributed by atoms with Crippen LogP contribution in [-0.2, 0) is 16.1 Å². The summed E-state index contributed by atoms with van der Waals surface area (Å²) in [5.41, 5.74) is 0.331. The molecule has 0 radical (unpaired) electrons. The van der Waals surface area contributed by atoms with Crippen LogP contribution in [0.25, 0.3) is 5.69 Å². The number of carbonyl (C=O) groups is 3. The van der Waals surface area contributed by atoms with Crippen molar-refractivity contribution in [3.05, 3.63) is 53.6 Å². The normalized spacial score (nSPS) is 13.8. The summed E-state index contributed by atoms with van der Waals surface area (Å²) in [4.78, 5) is 35.6. The van der Waals surface area contributed by atoms with Crippen molar-refractivity contribution in [1.29, 1.82) is 0 Å². The molecule has 1 aromatic heterocycles. The lowest BCUT2D eigenvalue weighted by Gasteiger charge is -2.16. The summed E-state index contributed by atoms with van der Waals surface area (Å²) >= 11 is 0. The van der Waals surface area contributed by atoms with Crippen LogP contribution in [-0.4, -0.2) is 42.6 Å². The molecule has 0 spiro atoms. The highest BCUT2D eigenvalue weighted by Gasteiger charge is 2.24. The van der Waals surface area contributed by atoms with E-state index in [4.69, 9.17) is 0 Å². The van der Waals surface area contributed by atoms with Gasteiger partial charge < -0.3 is 15.3 Å². The van der Waals surface area contributed by atoms with Crippen LogP contribution in [0.15, 0.2) is 42.5 Å². The summed E-state index contributed by atoms with van der Waals surface area (Å²) in [6, 6.07) is 6.56. The van der Waals surface area contributed by atoms with Gasteiger partial charge in [-0.15, -0.1) is 0 Å². The number of amides is 2. The highest BCUT2D eigenvalue weighted by Crippen LogP contribution is 2.30. The molecule has 2 amide bonds. The predicted octanol–water partition coefficient (Wildman–Crippen LogP) is 1.01. The summed E-state index contributed by atoms with van der Waals surface area (Å²) in [7, 11) is 0. The molecule has 8 nitrogen and oxygen atoms in total. The zero-order valence-electron chi connectivity index (χ0n) is 12.2. The molecule has 8 heteroatoms. The Morgan fingerprint density at radius 1 is 0.958 bits per heavy atom. The molecule has 3 N–H and O–H groups in total. The Morgan fingerprint density at radius 2 is 1.54 bits per heavy atom. The Balaban J connectivity index is 2.05. The number of imide groups is 1. The molecule has 122 valence electrons. The van der Waals surface area contributed by atoms with Gasteiger partial charge in [-0.25, -0.2) is 4.79 Å². The number of rotatable bonds is 4. The second-order valence-corrected chi connectivity index (χ2v) is 5.14. The van der Waals surface area contributed by atoms with Gasteiger partial charge in [0.2, 0.25) is 0 Å². The third-order valence-electron chi connectivity index (χ3n) is 3.61. The van der Waals surface area contributed by atoms with Crippen LogP contribution >= 0.6 is 0 Å². The molecule has 24 heavy (non-hydrogen) atoms. The van der Waals surface area contributed by atoms with E-state index in [0.717, 1.165) is 21.6 Å². The lowest BCUT2D eigenvalue weighted by Crippen LogP contribution is -2.29. The second-order valence-electron chi connectivity index (χ2n) is 5.14. The Hall–Kier alpha value is -3.55. The van der Waals surface area contributed by atoms with Gasteiger partial charge in [0.15, 0.2) is 11.8 Å². The van der Waals surface area contributed by atoms with Crippen LogP contribution in [0.5, 0.6) is 11.8 Å². The number of nitrogens with zero attached hydrogens (tertiary/aromatic N) is 2. The molecule has 3 rings (SSSR count). The zero-order chi connectivity index (χ0) is 17.4. The number of aromatic nitrogens is 1. The minimum absolute atomic E-state index is 0.0204. The lowest BCUT2D eigenvalue weighted by molar-refractivity contribution is -0.137. The van der Waals surface area contributed by atoms with Crippen molar-refractivity contribution in [3.8, 4) is 17.4 Å². The smallest absolute Gasteiger partial charge is 0.337 e. The van der Waals surface area contributed by atoms with Crippen LogP contribution in [0, 0.1) is 0 Å². The maximum atomic E-state index is 11.6. The van der Waals surface area contributed by atoms with Gasteiger partial charge in [-0.3, -0.25) is 19.1 Å². The van der Waals surface area contributed by atoms with Crippen LogP contribution < -0.4 is 0 Å². The summed E-state index contributed by atoms with van der Waals surface area (Å²) in [6.07, 6.45) is 2.30. The van der Waals surface area contributed by atoms with Crippen LogP contribution in [0.1, 0.15) is 15.9 Å². The molecular formula is C16H12N2O6. The topological polar surface area (TPSA) is 120 Å². The monoisotopic (exact) mass is 328 g/mol. The minimum Gasteiger partial charge on any atom is -0.494 e. The first-order valence-corrected chi connectivity index (χ1v) is 6.88. The minimum atomic E-state index is -1.25. The SMILES string of the molecule is O=C(O)c1ccc(CN2C(=O)C=CC2=O)cc1-n1c(O)ccc1O. The average Bonchev–Trinajstić information content (AvgIpc) is 3.03. The van der Waals surface area contributed by atoms with Crippen LogP contribution in [0.4, 0.5) is 0 Å². The van der Waals surface area contributed by atoms with Gasteiger partial charge >= 0.3 is 5.97 Å². The van der Waals surface area contributed by atoms with E-state index >= 15 is 0 Å². The lowest BCUT2D eigenvalue weighted by atomic mass is 10.1. The van der Waals surface area contributed by atoms with E-state index in [0.29, 0.717) is 5.56 Å². The molecule has 2 aromatic rings. The third-order valence-corrected chi connectivity index (χ3v) is 3.61. The summed E-state index contributed by atoms with van der Waals surface area (Å²) in [6.45, 7) is -0.0552. The van der Waals surface area contributed by atoms with Gasteiger partial charge in [0.25, 0.3) is 11.8 Å². The first-order valence-electron chi connectivity index (χ1n) is 6.88. The van der Waals surface area contributed by atoms with E-state index in [2.05, 4.69) is 0 Å². The largest absolute Gasteiger partial charge is 0.494 e. The molecule has 0 atom stereocenters. The van der Waals surface area contributed by atoms with Gasteiger partial charge in [0.05, 0.1) is 17.8 Å². The second kappa shape index (κ2) is 5.58. The Bertz CT molecular complexity index is 858. The molecule has 1 aliphatic heterocycles. The van der Waals surface area contributed by atoms with Gasteiger partial charge in [-0.1, -0.05) is 6.07 Å². The number of carbonyl (C=O) groups excluding carboxylic acids is 2. The first-order chi connectivity index (χ1) is 11.4. The summed E-state index contributed by atoms with van der Waals surface area (Å²) < 4.78 is 0.957. The Labute approximate surface area is 135 Å². The number of hydrogen-bond acceptors (Lipinski definition) is 5. The Kier molecular flexibility index (Phi) is 3.57. The van der Waals surface area contributed by atoms with Gasteiger partial charge in [-0.2, -0.15) is 0 Å². The number of benzene rings is 1. The van der Waals surface area contributed by atoms with E-state index in [1.165, 1.54) is 30.3 Å². The van der Waals surface area contributed by atoms with E-state index in [1.807, 2.05) is 0 Å². The average molecular weight is 328 g/mol. The molecule has 0 saturated heterocycles. The first kappa shape index (κ1) is 15.3. The van der Waals surface area contributed by atoms with Gasteiger partial charge in [0.1, 0.15) is 0 Å². The van der Waals surface area contributed by atoms with E-state index in [-0.39, 0.29) is 29.6 Å². The summed E-state index contributed by atoms with van der Waals surface area (Å²) in [5.74, 6) is -2.87. The maximum Gasteiger partial charge on any atom is 0.337 e. The third kappa shape index (κ3) is 2.50. The van der Waals surface area contributed by atoms with Crippen molar-refractivity contribution in [1.82, 2.24) is 9.47 Å². The predicted molar refractivity (Wildman–Crippen MR) is 80.8 cm³/mol. The molecule has 0 aliphatic carbocycles. The van der Waals surface area contributed by atoms with Crippen molar-refractivity contribution >= 4 is 17.8 Å². The molecule has 1 aliphatic rings. The van der Waals surface area contributed by atoms with Gasteiger partial charge in [-0.05, 0) is 17.7 Å². The maximum absolute atomic E-state index is 11.6. The molecule has 0 saturated carbocycles. The molecule has 0 unspecified atom stereocenters. The zero-order valence-corrected chi connectivity index (χ0v) is 12.2. The van der Waals surface area contributed by atoms with Crippen molar-refractivity contribution in [2.24, 2.45) is 0 Å². The molecule has 1 aromatic carbocycles. The summed E-state index contributed by atoms with van der Waals surface area (Å²) in [5, 5.41) is 29.0. The number of aromatic hydroxyl groups is 2. The highest BCUT2D eigenvalue weighted by molar-refractivity contribution is 6.12. The molecule has 0 fully saturated rings. The quantitative estimate of drug-likeness (QED) is 0.721. The van der Waals surface area contributed by atoms with Crippen LogP contribution in [0.3, 0.4) is 0 Å². The Morgan fingerprint density at radius 3 is 2.08 bits per heavy atom. The number of hydrogen-bond donors (Lipinski definition) is 3. The number of aromatic carboxylic acids is 1. The van der Waals surface area contributed by atoms with Crippen molar-refractivity contribution < 1.29 is 29.7 Å². The molecule has 2 heterocycles. The van der Waals surface area contributed by atoms with Crippen molar-refractivity contribution in [2.45, 2.75) is 6.54 Å². The van der Waals surface area contributed by atoms with E-state index in [1.54, 1.807) is 0 Å². The number of carboxylic acids is 1. The standard InChI is InChI=1S/C16H12N2O6/c19-12-3-4-13(20)17(12)8-9-1-2-10(16(23)24)11(7-9)18-14(21)5-6-15(18)22/h1-7,21-22H,8H2,(H,23,24). The van der Waals surface area contributed by atoms with Crippen molar-refractivity contribution in [3.63, 3.8) is 0 Å². The molecule has 0 bridgehead atoms. The molecular weight excluding hydrogens is 316 g/mol. The number of carboxylic acid groups (broad SMARTS) is 1. The van der Waals surface area contributed by atoms with Crippen molar-refractivity contribution in [2.75, 3.05) is 0 Å². The fourth-order valence-corrected chi connectivity index (χ4v) is 2.47. The highest BCUT2D eigenvalue weighted by atomic mass is 16.4. The van der Waals surface area contributed by atoms with Crippen LogP contribution in [0.2, 0.25) is 0 Å². The van der Waals surface area contributed by atoms with E-state index in [9.17, 15) is 29.7 Å². The fraction of sp³-hybridized carbons (Fsp3) is 0.0625. The van der Waals surface area contributed by atoms with Gasteiger partial charge in [0, 0.05) is 24.3 Å².